The zero-order valence-electron chi connectivity index (χ0n) is 44.8. The van der Waals surface area contributed by atoms with E-state index >= 15 is 0 Å². The minimum absolute atomic E-state index is 0.805. The van der Waals surface area contributed by atoms with Gasteiger partial charge in [-0.05, 0) is 244 Å². The van der Waals surface area contributed by atoms with E-state index in [4.69, 9.17) is 17.7 Å². The summed E-state index contributed by atoms with van der Waals surface area (Å²) in [5.74, 6) is 0.805. The van der Waals surface area contributed by atoms with E-state index in [0.29, 0.717) is 0 Å². The minimum atomic E-state index is 0.805. The van der Waals surface area contributed by atoms with Gasteiger partial charge in [0.25, 0.3) is 0 Å². The second-order valence-corrected chi connectivity index (χ2v) is 21.2. The fourth-order valence-corrected chi connectivity index (χ4v) is 12.2. The van der Waals surface area contributed by atoms with Gasteiger partial charge in [0.2, 0.25) is 0 Å². The molecule has 6 nitrogen and oxygen atoms in total. The lowest BCUT2D eigenvalue weighted by Crippen LogP contribution is -2.11. The van der Waals surface area contributed by atoms with Crippen LogP contribution in [0.1, 0.15) is 62.8 Å². The molecule has 10 aromatic carbocycles. The lowest BCUT2D eigenvalue weighted by Gasteiger charge is -2.27. The first kappa shape index (κ1) is 46.3. The van der Waals surface area contributed by atoms with Crippen molar-refractivity contribution in [3.8, 4) is 0 Å². The number of hydrogen-bond acceptors (Lipinski definition) is 6. The number of nitrogens with zero attached hydrogens (tertiary/aromatic N) is 2. The van der Waals surface area contributed by atoms with E-state index < -0.39 is 0 Å². The molecule has 14 aromatic rings. The standard InChI is InChI=1S/C71H56N2O4/c1-11-15-62-56(12-2)58-36-52(22-24-64(58)74-62)72(54-26-38(3)42(7)39(4)27-54)50-20-18-46-32-60-66(34-48(46)30-50)76-70-45(10)71-69(44(9)68(60)70)61-33-47-19-21-51(31-49(47)35-67(61)77-71)73(55-28-40(5)43(8)41(6)29-55)53-23-25-65-59(37-53)57-16-13-14-17-63(57)75-65/h11-37H,2H2,1,3-10H3/b15-11-. The maximum absolute atomic E-state index is 6.95. The summed E-state index contributed by atoms with van der Waals surface area (Å²) in [4.78, 5) is 4.71. The third kappa shape index (κ3) is 7.08. The van der Waals surface area contributed by atoms with Crippen LogP contribution in [0.15, 0.2) is 176 Å². The molecule has 0 amide bonds. The lowest BCUT2D eigenvalue weighted by molar-refractivity contribution is 0.603. The lowest BCUT2D eigenvalue weighted by atomic mass is 9.96. The monoisotopic (exact) mass is 1000 g/mol. The molecule has 0 unspecified atom stereocenters. The van der Waals surface area contributed by atoms with Gasteiger partial charge in [0, 0.05) is 83.0 Å². The number of furan rings is 4. The number of anilines is 6. The van der Waals surface area contributed by atoms with Crippen molar-refractivity contribution in [2.24, 2.45) is 0 Å². The summed E-state index contributed by atoms with van der Waals surface area (Å²) in [5, 5.41) is 12.1. The maximum Gasteiger partial charge on any atom is 0.142 e. The summed E-state index contributed by atoms with van der Waals surface area (Å²) in [6, 6.07) is 53.0. The molecule has 0 aliphatic carbocycles. The number of aryl methyl sites for hydroxylation is 6. The predicted octanol–water partition coefficient (Wildman–Crippen LogP) is 21.5. The predicted molar refractivity (Wildman–Crippen MR) is 325 cm³/mol. The van der Waals surface area contributed by atoms with Crippen molar-refractivity contribution in [2.45, 2.75) is 62.3 Å². The highest BCUT2D eigenvalue weighted by molar-refractivity contribution is 6.22. The molecule has 0 N–H and O–H groups in total. The molecule has 374 valence electrons. The first-order chi connectivity index (χ1) is 37.3. The molecule has 6 heteroatoms. The van der Waals surface area contributed by atoms with E-state index in [9.17, 15) is 0 Å². The molecule has 77 heavy (non-hydrogen) atoms. The van der Waals surface area contributed by atoms with Gasteiger partial charge in [0.15, 0.2) is 0 Å². The number of fused-ring (bicyclic) bond motifs is 12. The highest BCUT2D eigenvalue weighted by atomic mass is 16.3. The Balaban J connectivity index is 0.890. The summed E-state index contributed by atoms with van der Waals surface area (Å²) in [6.07, 6.45) is 5.88. The van der Waals surface area contributed by atoms with Gasteiger partial charge < -0.3 is 27.5 Å². The SMILES string of the molecule is C=Cc1c(/C=C\C)oc2ccc(N(c3cc(C)c(C)c(C)c3)c3ccc4cc5c(cc4c3)oc3c(C)c4oc6cc7cc(N(c8cc(C)c(C)c(C)c8)c8ccc9oc%10ccccc%10c9c8)ccc7cc6c4c(C)c35)cc12. The Labute approximate surface area is 446 Å². The highest BCUT2D eigenvalue weighted by Crippen LogP contribution is 2.47. The van der Waals surface area contributed by atoms with Crippen LogP contribution in [0.2, 0.25) is 0 Å². The van der Waals surface area contributed by atoms with Crippen LogP contribution in [-0.2, 0) is 0 Å². The Hall–Kier alpha value is -9.26. The van der Waals surface area contributed by atoms with Crippen molar-refractivity contribution in [1.29, 1.82) is 0 Å². The van der Waals surface area contributed by atoms with E-state index in [1.807, 2.05) is 37.3 Å². The van der Waals surface area contributed by atoms with Crippen LogP contribution in [0.4, 0.5) is 34.1 Å². The van der Waals surface area contributed by atoms with Gasteiger partial charge in [0.1, 0.15) is 44.8 Å². The second-order valence-electron chi connectivity index (χ2n) is 21.2. The van der Waals surface area contributed by atoms with Crippen LogP contribution in [0.25, 0.3) is 110 Å². The van der Waals surface area contributed by atoms with E-state index in [0.717, 1.165) is 155 Å². The van der Waals surface area contributed by atoms with Gasteiger partial charge >= 0.3 is 0 Å². The second kappa shape index (κ2) is 17.1. The molecule has 4 aromatic heterocycles. The topological polar surface area (TPSA) is 59.0 Å². The van der Waals surface area contributed by atoms with Gasteiger partial charge in [-0.15, -0.1) is 0 Å². The fourth-order valence-electron chi connectivity index (χ4n) is 12.2. The van der Waals surface area contributed by atoms with E-state index in [2.05, 4.69) is 205 Å². The van der Waals surface area contributed by atoms with Gasteiger partial charge in [-0.3, -0.25) is 0 Å². The average molecular weight is 1000 g/mol. The number of benzene rings is 10. The average Bonchev–Trinajstić information content (AvgIpc) is 4.26. The highest BCUT2D eigenvalue weighted by Gasteiger charge is 2.24. The van der Waals surface area contributed by atoms with Crippen LogP contribution in [-0.4, -0.2) is 0 Å². The summed E-state index contributed by atoms with van der Waals surface area (Å²) in [7, 11) is 0. The van der Waals surface area contributed by atoms with Crippen molar-refractivity contribution in [1.82, 2.24) is 0 Å². The first-order valence-corrected chi connectivity index (χ1v) is 26.5. The Morgan fingerprint density at radius 2 is 0.831 bits per heavy atom. The minimum Gasteiger partial charge on any atom is -0.456 e. The smallest absolute Gasteiger partial charge is 0.142 e. The summed E-state index contributed by atoms with van der Waals surface area (Å²) in [5.41, 5.74) is 23.1. The summed E-state index contributed by atoms with van der Waals surface area (Å²) < 4.78 is 26.5. The Morgan fingerprint density at radius 1 is 0.364 bits per heavy atom. The largest absolute Gasteiger partial charge is 0.456 e. The third-order valence-electron chi connectivity index (χ3n) is 16.7. The van der Waals surface area contributed by atoms with E-state index in [1.54, 1.807) is 0 Å². The molecule has 14 rings (SSSR count). The molecule has 0 aliphatic rings. The number of rotatable bonds is 8. The molecule has 0 saturated heterocycles. The van der Waals surface area contributed by atoms with E-state index in [-0.39, 0.29) is 0 Å². The van der Waals surface area contributed by atoms with Crippen molar-refractivity contribution < 1.29 is 17.7 Å². The van der Waals surface area contributed by atoms with Crippen LogP contribution < -0.4 is 9.80 Å². The molecule has 4 heterocycles. The van der Waals surface area contributed by atoms with Gasteiger partial charge in [-0.25, -0.2) is 0 Å². The third-order valence-corrected chi connectivity index (χ3v) is 16.7. The van der Waals surface area contributed by atoms with Gasteiger partial charge in [-0.2, -0.15) is 0 Å². The van der Waals surface area contributed by atoms with E-state index in [1.165, 1.54) is 33.4 Å². The van der Waals surface area contributed by atoms with Crippen molar-refractivity contribution in [3.05, 3.63) is 214 Å². The first-order valence-electron chi connectivity index (χ1n) is 26.5. The van der Waals surface area contributed by atoms with Gasteiger partial charge in [0.05, 0.1) is 0 Å². The molecule has 0 aliphatic heterocycles. The molecule has 0 radical (unpaired) electrons. The van der Waals surface area contributed by atoms with Crippen molar-refractivity contribution >= 4 is 145 Å². The summed E-state index contributed by atoms with van der Waals surface area (Å²) in [6.45, 7) is 23.7. The fraction of sp³-hybridized carbons (Fsp3) is 0.127. The zero-order chi connectivity index (χ0) is 52.7. The van der Waals surface area contributed by atoms with Crippen LogP contribution >= 0.6 is 0 Å². The normalized spacial score (nSPS) is 12.2. The molecule has 0 atom stereocenters. The molecule has 0 spiro atoms. The molecule has 0 saturated carbocycles. The zero-order valence-corrected chi connectivity index (χ0v) is 44.8. The van der Waals surface area contributed by atoms with Crippen molar-refractivity contribution in [3.63, 3.8) is 0 Å². The molecule has 0 fully saturated rings. The van der Waals surface area contributed by atoms with Crippen LogP contribution in [0, 0.1) is 55.4 Å². The Morgan fingerprint density at radius 3 is 1.35 bits per heavy atom. The van der Waals surface area contributed by atoms with Crippen molar-refractivity contribution in [2.75, 3.05) is 9.80 Å². The molecule has 0 bridgehead atoms. The molecular formula is C71H56N2O4. The number of para-hydroxylation sites is 1. The van der Waals surface area contributed by atoms with Crippen LogP contribution in [0.3, 0.4) is 0 Å². The maximum atomic E-state index is 6.95. The quantitative estimate of drug-likeness (QED) is 0.151. The van der Waals surface area contributed by atoms with Gasteiger partial charge in [-0.1, -0.05) is 49.1 Å². The summed E-state index contributed by atoms with van der Waals surface area (Å²) >= 11 is 0. The number of allylic oxidation sites excluding steroid dienone is 1. The van der Waals surface area contributed by atoms with Crippen LogP contribution in [0.5, 0.6) is 0 Å². The Bertz CT molecular complexity index is 4850. The molecular weight excluding hydrogens is 945 g/mol. The number of hydrogen-bond donors (Lipinski definition) is 0. The Kier molecular flexibility index (Phi) is 10.3.